The van der Waals surface area contributed by atoms with Crippen molar-refractivity contribution in [1.82, 2.24) is 0 Å². The van der Waals surface area contributed by atoms with Crippen LogP contribution in [-0.4, -0.2) is 13.0 Å². The summed E-state index contributed by atoms with van der Waals surface area (Å²) >= 11 is 0. The average Bonchev–Trinajstić information content (AvgIpc) is 2.30. The molecule has 1 atom stereocenters. The van der Waals surface area contributed by atoms with Crippen molar-refractivity contribution >= 4 is 5.91 Å². The van der Waals surface area contributed by atoms with Gasteiger partial charge in [0.1, 0.15) is 5.75 Å². The molecule has 106 valence electrons. The van der Waals surface area contributed by atoms with Crippen LogP contribution in [0.5, 0.6) is 5.75 Å². The van der Waals surface area contributed by atoms with E-state index in [-0.39, 0.29) is 11.8 Å². The smallest absolute Gasteiger partial charge is 0.218 e. The minimum atomic E-state index is -0.258. The van der Waals surface area contributed by atoms with Crippen molar-refractivity contribution < 1.29 is 9.53 Å². The van der Waals surface area contributed by atoms with E-state index in [1.165, 1.54) is 11.1 Å². The SMILES string of the molecule is COc1cc(C)c(C)cc1C(CC(N)=O)CC(C)C. The highest BCUT2D eigenvalue weighted by molar-refractivity contribution is 5.75. The Hall–Kier alpha value is -1.51. The molecule has 0 saturated carbocycles. The van der Waals surface area contributed by atoms with Gasteiger partial charge < -0.3 is 10.5 Å². The van der Waals surface area contributed by atoms with Gasteiger partial charge in [-0.2, -0.15) is 0 Å². The van der Waals surface area contributed by atoms with Crippen molar-refractivity contribution in [3.8, 4) is 5.75 Å². The number of aryl methyl sites for hydroxylation is 2. The van der Waals surface area contributed by atoms with Gasteiger partial charge in [-0.05, 0) is 54.9 Å². The predicted octanol–water partition coefficient (Wildman–Crippen LogP) is 3.32. The standard InChI is InChI=1S/C16H25NO2/c1-10(2)6-13(9-16(17)18)14-7-11(3)12(4)8-15(14)19-5/h7-8,10,13H,6,9H2,1-5H3,(H2,17,18). The van der Waals surface area contributed by atoms with Gasteiger partial charge in [0.2, 0.25) is 5.91 Å². The molecule has 0 heterocycles. The fourth-order valence-corrected chi connectivity index (χ4v) is 2.44. The number of hydrogen-bond acceptors (Lipinski definition) is 2. The highest BCUT2D eigenvalue weighted by Crippen LogP contribution is 2.35. The predicted molar refractivity (Wildman–Crippen MR) is 78.5 cm³/mol. The molecule has 0 radical (unpaired) electrons. The Balaban J connectivity index is 3.19. The molecule has 1 amide bonds. The van der Waals surface area contributed by atoms with Crippen molar-refractivity contribution in [2.24, 2.45) is 11.7 Å². The molecule has 0 spiro atoms. The molecule has 3 nitrogen and oxygen atoms in total. The zero-order valence-electron chi connectivity index (χ0n) is 12.6. The third-order valence-electron chi connectivity index (χ3n) is 3.49. The van der Waals surface area contributed by atoms with Crippen molar-refractivity contribution in [3.63, 3.8) is 0 Å². The molecule has 3 heteroatoms. The minimum Gasteiger partial charge on any atom is -0.496 e. The molecule has 1 aromatic rings. The van der Waals surface area contributed by atoms with Crippen LogP contribution in [0.4, 0.5) is 0 Å². The van der Waals surface area contributed by atoms with Gasteiger partial charge in [0.25, 0.3) is 0 Å². The van der Waals surface area contributed by atoms with E-state index in [1.807, 2.05) is 6.07 Å². The molecular weight excluding hydrogens is 238 g/mol. The number of benzene rings is 1. The van der Waals surface area contributed by atoms with Crippen LogP contribution in [0, 0.1) is 19.8 Å². The van der Waals surface area contributed by atoms with Crippen molar-refractivity contribution in [2.75, 3.05) is 7.11 Å². The van der Waals surface area contributed by atoms with Gasteiger partial charge in [-0.25, -0.2) is 0 Å². The number of primary amides is 1. The second kappa shape index (κ2) is 6.60. The van der Waals surface area contributed by atoms with Crippen LogP contribution >= 0.6 is 0 Å². The Labute approximate surface area is 116 Å². The number of hydrogen-bond donors (Lipinski definition) is 1. The van der Waals surface area contributed by atoms with E-state index >= 15 is 0 Å². The molecule has 2 N–H and O–H groups in total. The molecule has 0 aliphatic rings. The van der Waals surface area contributed by atoms with Crippen LogP contribution in [0.1, 0.15) is 49.3 Å². The quantitative estimate of drug-likeness (QED) is 0.856. The van der Waals surface area contributed by atoms with Crippen LogP contribution < -0.4 is 10.5 Å². The summed E-state index contributed by atoms with van der Waals surface area (Å²) < 4.78 is 5.47. The summed E-state index contributed by atoms with van der Waals surface area (Å²) in [6.07, 6.45) is 1.30. The van der Waals surface area contributed by atoms with Gasteiger partial charge in [0, 0.05) is 6.42 Å². The Bertz CT molecular complexity index is 452. The van der Waals surface area contributed by atoms with E-state index in [0.29, 0.717) is 12.3 Å². The minimum absolute atomic E-state index is 0.131. The van der Waals surface area contributed by atoms with Crippen molar-refractivity contribution in [1.29, 1.82) is 0 Å². The fourth-order valence-electron chi connectivity index (χ4n) is 2.44. The lowest BCUT2D eigenvalue weighted by Crippen LogP contribution is -2.17. The Morgan fingerprint density at radius 2 is 1.84 bits per heavy atom. The molecule has 0 fully saturated rings. The molecule has 0 bridgehead atoms. The lowest BCUT2D eigenvalue weighted by atomic mass is 9.85. The van der Waals surface area contributed by atoms with E-state index in [1.54, 1.807) is 7.11 Å². The zero-order valence-corrected chi connectivity index (χ0v) is 12.6. The Morgan fingerprint density at radius 1 is 1.26 bits per heavy atom. The molecule has 1 unspecified atom stereocenters. The molecule has 1 aromatic carbocycles. The summed E-state index contributed by atoms with van der Waals surface area (Å²) in [5, 5.41) is 0. The van der Waals surface area contributed by atoms with Crippen molar-refractivity contribution in [2.45, 2.75) is 46.5 Å². The molecular formula is C16H25NO2. The van der Waals surface area contributed by atoms with Gasteiger partial charge in [-0.3, -0.25) is 4.79 Å². The summed E-state index contributed by atoms with van der Waals surface area (Å²) in [6, 6.07) is 4.17. The number of rotatable bonds is 6. The van der Waals surface area contributed by atoms with Gasteiger partial charge in [-0.15, -0.1) is 0 Å². The molecule has 1 rings (SSSR count). The Kier molecular flexibility index (Phi) is 5.40. The van der Waals surface area contributed by atoms with E-state index in [4.69, 9.17) is 10.5 Å². The van der Waals surface area contributed by atoms with Gasteiger partial charge >= 0.3 is 0 Å². The number of amides is 1. The maximum atomic E-state index is 11.3. The molecule has 0 aliphatic carbocycles. The highest BCUT2D eigenvalue weighted by atomic mass is 16.5. The normalized spacial score (nSPS) is 12.5. The maximum Gasteiger partial charge on any atom is 0.218 e. The summed E-state index contributed by atoms with van der Waals surface area (Å²) in [7, 11) is 1.67. The van der Waals surface area contributed by atoms with Crippen LogP contribution in [0.3, 0.4) is 0 Å². The van der Waals surface area contributed by atoms with E-state index in [9.17, 15) is 4.79 Å². The molecule has 0 aromatic heterocycles. The zero-order chi connectivity index (χ0) is 14.6. The van der Waals surface area contributed by atoms with Gasteiger partial charge in [0.05, 0.1) is 7.11 Å². The van der Waals surface area contributed by atoms with E-state index in [0.717, 1.165) is 17.7 Å². The molecule has 19 heavy (non-hydrogen) atoms. The largest absolute Gasteiger partial charge is 0.496 e. The number of nitrogens with two attached hydrogens (primary N) is 1. The first-order valence-corrected chi connectivity index (χ1v) is 6.78. The van der Waals surface area contributed by atoms with Crippen LogP contribution in [-0.2, 0) is 4.79 Å². The summed E-state index contributed by atoms with van der Waals surface area (Å²) in [6.45, 7) is 8.45. The molecule has 0 aliphatic heterocycles. The first-order valence-electron chi connectivity index (χ1n) is 6.78. The van der Waals surface area contributed by atoms with Crippen LogP contribution in [0.2, 0.25) is 0 Å². The maximum absolute atomic E-state index is 11.3. The highest BCUT2D eigenvalue weighted by Gasteiger charge is 2.20. The van der Waals surface area contributed by atoms with Crippen LogP contribution in [0.15, 0.2) is 12.1 Å². The third-order valence-corrected chi connectivity index (χ3v) is 3.49. The summed E-state index contributed by atoms with van der Waals surface area (Å²) in [5.41, 5.74) is 8.90. The summed E-state index contributed by atoms with van der Waals surface area (Å²) in [4.78, 5) is 11.3. The first kappa shape index (κ1) is 15.5. The monoisotopic (exact) mass is 263 g/mol. The summed E-state index contributed by atoms with van der Waals surface area (Å²) in [5.74, 6) is 1.24. The van der Waals surface area contributed by atoms with Crippen molar-refractivity contribution in [3.05, 3.63) is 28.8 Å². The second-order valence-electron chi connectivity index (χ2n) is 5.68. The molecule has 0 saturated heterocycles. The number of ether oxygens (including phenoxy) is 1. The third kappa shape index (κ3) is 4.27. The lowest BCUT2D eigenvalue weighted by Gasteiger charge is -2.22. The average molecular weight is 263 g/mol. The number of carbonyl (C=O) groups excluding carboxylic acids is 1. The fraction of sp³-hybridized carbons (Fsp3) is 0.562. The number of methoxy groups -OCH3 is 1. The van der Waals surface area contributed by atoms with Gasteiger partial charge in [-0.1, -0.05) is 19.9 Å². The van der Waals surface area contributed by atoms with Gasteiger partial charge in [0.15, 0.2) is 0 Å². The topological polar surface area (TPSA) is 52.3 Å². The number of carbonyl (C=O) groups is 1. The van der Waals surface area contributed by atoms with Crippen LogP contribution in [0.25, 0.3) is 0 Å². The lowest BCUT2D eigenvalue weighted by molar-refractivity contribution is -0.118. The van der Waals surface area contributed by atoms with E-state index < -0.39 is 0 Å². The van der Waals surface area contributed by atoms with E-state index in [2.05, 4.69) is 33.8 Å². The Morgan fingerprint density at radius 3 is 2.32 bits per heavy atom. The first-order chi connectivity index (χ1) is 8.85. The second-order valence-corrected chi connectivity index (χ2v) is 5.68.